The minimum absolute atomic E-state index is 0.348. The predicted molar refractivity (Wildman–Crippen MR) is 76.1 cm³/mol. The van der Waals surface area contributed by atoms with Crippen molar-refractivity contribution < 1.29 is 13.9 Å². The number of benzene rings is 2. The summed E-state index contributed by atoms with van der Waals surface area (Å²) >= 11 is 0. The Kier molecular flexibility index (Phi) is 4.71. The van der Waals surface area contributed by atoms with Crippen LogP contribution in [0.3, 0.4) is 0 Å². The summed E-state index contributed by atoms with van der Waals surface area (Å²) in [5.41, 5.74) is 7.78. The molecular weight excluding hydrogens is 257 g/mol. The molecule has 0 aliphatic carbocycles. The largest absolute Gasteiger partial charge is 0.496 e. The first kappa shape index (κ1) is 14.5. The summed E-state index contributed by atoms with van der Waals surface area (Å²) in [5, 5.41) is 0. The number of hydrogen-bond donors (Lipinski definition) is 1. The second kappa shape index (κ2) is 6.50. The van der Waals surface area contributed by atoms with E-state index in [1.807, 2.05) is 30.3 Å². The van der Waals surface area contributed by atoms with Crippen LogP contribution in [0.5, 0.6) is 5.75 Å². The third kappa shape index (κ3) is 2.98. The number of ether oxygens (including phenoxy) is 2. The Balaban J connectivity index is 2.38. The van der Waals surface area contributed by atoms with E-state index in [2.05, 4.69) is 0 Å². The second-order valence-corrected chi connectivity index (χ2v) is 4.48. The smallest absolute Gasteiger partial charge is 0.123 e. The summed E-state index contributed by atoms with van der Waals surface area (Å²) in [6.07, 6.45) is -0.369. The maximum absolute atomic E-state index is 13.5. The molecule has 2 N–H and O–H groups in total. The molecule has 106 valence electrons. The monoisotopic (exact) mass is 275 g/mol. The van der Waals surface area contributed by atoms with Crippen molar-refractivity contribution in [2.75, 3.05) is 14.2 Å². The molecule has 0 fully saturated rings. The van der Waals surface area contributed by atoms with Crippen molar-refractivity contribution in [3.63, 3.8) is 0 Å². The lowest BCUT2D eigenvalue weighted by Crippen LogP contribution is -2.22. The lowest BCUT2D eigenvalue weighted by Gasteiger charge is -2.24. The fourth-order valence-electron chi connectivity index (χ4n) is 2.26. The Morgan fingerprint density at radius 2 is 1.75 bits per heavy atom. The highest BCUT2D eigenvalue weighted by atomic mass is 19.1. The van der Waals surface area contributed by atoms with Crippen LogP contribution in [0.4, 0.5) is 4.39 Å². The van der Waals surface area contributed by atoms with E-state index in [0.717, 1.165) is 5.56 Å². The van der Waals surface area contributed by atoms with Crippen LogP contribution < -0.4 is 10.5 Å². The van der Waals surface area contributed by atoms with Crippen molar-refractivity contribution in [3.8, 4) is 5.75 Å². The lowest BCUT2D eigenvalue weighted by atomic mass is 9.95. The minimum Gasteiger partial charge on any atom is -0.496 e. The molecule has 0 radical (unpaired) electrons. The van der Waals surface area contributed by atoms with Crippen molar-refractivity contribution in [3.05, 3.63) is 65.5 Å². The normalized spacial score (nSPS) is 13.8. The highest BCUT2D eigenvalue weighted by molar-refractivity contribution is 5.38. The zero-order valence-corrected chi connectivity index (χ0v) is 11.5. The molecule has 0 heterocycles. The van der Waals surface area contributed by atoms with Crippen LogP contribution in [-0.4, -0.2) is 14.2 Å². The van der Waals surface area contributed by atoms with Crippen molar-refractivity contribution in [2.45, 2.75) is 12.1 Å². The molecule has 2 aromatic rings. The second-order valence-electron chi connectivity index (χ2n) is 4.48. The number of halogens is 1. The van der Waals surface area contributed by atoms with E-state index in [0.29, 0.717) is 11.3 Å². The van der Waals surface area contributed by atoms with Crippen LogP contribution in [0.15, 0.2) is 48.5 Å². The van der Waals surface area contributed by atoms with E-state index in [-0.39, 0.29) is 11.9 Å². The van der Waals surface area contributed by atoms with Gasteiger partial charge in [0.2, 0.25) is 0 Å². The summed E-state index contributed by atoms with van der Waals surface area (Å²) in [6, 6.07) is 13.4. The van der Waals surface area contributed by atoms with Gasteiger partial charge in [0.05, 0.1) is 13.2 Å². The Hall–Kier alpha value is -1.91. The van der Waals surface area contributed by atoms with Crippen molar-refractivity contribution in [1.82, 2.24) is 0 Å². The maximum atomic E-state index is 13.5. The summed E-state index contributed by atoms with van der Waals surface area (Å²) < 4.78 is 24.2. The van der Waals surface area contributed by atoms with Gasteiger partial charge in [0.15, 0.2) is 0 Å². The number of rotatable bonds is 5. The van der Waals surface area contributed by atoms with E-state index < -0.39 is 6.04 Å². The van der Waals surface area contributed by atoms with Gasteiger partial charge >= 0.3 is 0 Å². The van der Waals surface area contributed by atoms with Gasteiger partial charge < -0.3 is 15.2 Å². The van der Waals surface area contributed by atoms with E-state index in [4.69, 9.17) is 15.2 Å². The van der Waals surface area contributed by atoms with Crippen LogP contribution in [0.25, 0.3) is 0 Å². The van der Waals surface area contributed by atoms with Crippen LogP contribution in [0.1, 0.15) is 23.3 Å². The van der Waals surface area contributed by atoms with E-state index in [1.165, 1.54) is 19.2 Å². The fraction of sp³-hybridized carbons (Fsp3) is 0.250. The molecule has 2 rings (SSSR count). The molecule has 0 bridgehead atoms. The highest BCUT2D eigenvalue weighted by Gasteiger charge is 2.24. The molecule has 0 saturated heterocycles. The van der Waals surface area contributed by atoms with Crippen LogP contribution in [-0.2, 0) is 4.74 Å². The highest BCUT2D eigenvalue weighted by Crippen LogP contribution is 2.34. The van der Waals surface area contributed by atoms with Gasteiger partial charge in [0, 0.05) is 12.7 Å². The number of nitrogens with two attached hydrogens (primary N) is 1. The maximum Gasteiger partial charge on any atom is 0.123 e. The average molecular weight is 275 g/mol. The SMILES string of the molecule is COc1ccc(F)cc1C(N)C(OC)c1ccccc1. The van der Waals surface area contributed by atoms with Crippen molar-refractivity contribution >= 4 is 0 Å². The van der Waals surface area contributed by atoms with Gasteiger partial charge in [-0.3, -0.25) is 0 Å². The summed E-state index contributed by atoms with van der Waals surface area (Å²) in [5.74, 6) is 0.205. The third-order valence-corrected chi connectivity index (χ3v) is 3.26. The van der Waals surface area contributed by atoms with E-state index in [1.54, 1.807) is 13.2 Å². The van der Waals surface area contributed by atoms with Gasteiger partial charge in [-0.1, -0.05) is 30.3 Å². The van der Waals surface area contributed by atoms with Gasteiger partial charge in [-0.05, 0) is 23.8 Å². The number of hydrogen-bond acceptors (Lipinski definition) is 3. The van der Waals surface area contributed by atoms with Crippen molar-refractivity contribution in [2.24, 2.45) is 5.73 Å². The molecule has 2 aromatic carbocycles. The molecule has 0 amide bonds. The quantitative estimate of drug-likeness (QED) is 0.911. The first-order chi connectivity index (χ1) is 9.67. The zero-order valence-electron chi connectivity index (χ0n) is 11.5. The molecule has 2 atom stereocenters. The first-order valence-electron chi connectivity index (χ1n) is 6.34. The number of methoxy groups -OCH3 is 2. The van der Waals surface area contributed by atoms with Crippen LogP contribution >= 0.6 is 0 Å². The van der Waals surface area contributed by atoms with E-state index in [9.17, 15) is 4.39 Å². The average Bonchev–Trinajstić information content (AvgIpc) is 2.49. The predicted octanol–water partition coefficient (Wildman–Crippen LogP) is 3.22. The van der Waals surface area contributed by atoms with E-state index >= 15 is 0 Å². The topological polar surface area (TPSA) is 44.5 Å². The van der Waals surface area contributed by atoms with Crippen LogP contribution in [0.2, 0.25) is 0 Å². The van der Waals surface area contributed by atoms with Crippen LogP contribution in [0, 0.1) is 5.82 Å². The minimum atomic E-state index is -0.520. The van der Waals surface area contributed by atoms with Gasteiger partial charge in [-0.2, -0.15) is 0 Å². The van der Waals surface area contributed by atoms with Gasteiger partial charge in [-0.25, -0.2) is 4.39 Å². The molecule has 0 aliphatic rings. The third-order valence-electron chi connectivity index (χ3n) is 3.26. The van der Waals surface area contributed by atoms with Crippen molar-refractivity contribution in [1.29, 1.82) is 0 Å². The molecule has 20 heavy (non-hydrogen) atoms. The Morgan fingerprint density at radius 1 is 1.05 bits per heavy atom. The first-order valence-corrected chi connectivity index (χ1v) is 6.34. The van der Waals surface area contributed by atoms with Gasteiger partial charge in [0.25, 0.3) is 0 Å². The fourth-order valence-corrected chi connectivity index (χ4v) is 2.26. The standard InChI is InChI=1S/C16H18FNO2/c1-19-14-9-8-12(17)10-13(14)15(18)16(20-2)11-6-4-3-5-7-11/h3-10,15-16H,18H2,1-2H3. The van der Waals surface area contributed by atoms with Gasteiger partial charge in [-0.15, -0.1) is 0 Å². The Labute approximate surface area is 118 Å². The Bertz CT molecular complexity index is 560. The molecule has 0 spiro atoms. The molecular formula is C16H18FNO2. The summed E-state index contributed by atoms with van der Waals surface area (Å²) in [7, 11) is 3.12. The molecule has 0 aliphatic heterocycles. The lowest BCUT2D eigenvalue weighted by molar-refractivity contribution is 0.0793. The summed E-state index contributed by atoms with van der Waals surface area (Å²) in [4.78, 5) is 0. The van der Waals surface area contributed by atoms with Gasteiger partial charge in [0.1, 0.15) is 17.7 Å². The summed E-state index contributed by atoms with van der Waals surface area (Å²) in [6.45, 7) is 0. The molecule has 4 heteroatoms. The Morgan fingerprint density at radius 3 is 2.35 bits per heavy atom. The zero-order chi connectivity index (χ0) is 14.5. The molecule has 2 unspecified atom stereocenters. The molecule has 0 aromatic heterocycles. The molecule has 3 nitrogen and oxygen atoms in total. The molecule has 0 saturated carbocycles.